The molecule has 0 atom stereocenters. The highest BCUT2D eigenvalue weighted by Gasteiger charge is 2.22. The second kappa shape index (κ2) is 3.90. The number of aromatic nitrogens is 1. The highest BCUT2D eigenvalue weighted by Crippen LogP contribution is 2.38. The first-order chi connectivity index (χ1) is 6.66. The molecule has 0 aromatic carbocycles. The molecule has 0 spiro atoms. The molecule has 0 bridgehead atoms. The van der Waals surface area contributed by atoms with E-state index in [2.05, 4.69) is 4.98 Å². The number of carbonyl (C=O) groups is 1. The third-order valence-electron chi connectivity index (χ3n) is 2.29. The molecule has 0 amide bonds. The molecule has 1 aromatic rings. The van der Waals surface area contributed by atoms with E-state index in [4.69, 9.17) is 5.11 Å². The van der Waals surface area contributed by atoms with Crippen LogP contribution in [0.3, 0.4) is 0 Å². The van der Waals surface area contributed by atoms with Crippen molar-refractivity contribution in [3.05, 3.63) is 10.6 Å². The van der Waals surface area contributed by atoms with E-state index in [1.165, 1.54) is 30.6 Å². The maximum atomic E-state index is 10.8. The van der Waals surface area contributed by atoms with Crippen LogP contribution in [0.5, 0.6) is 0 Å². The summed E-state index contributed by atoms with van der Waals surface area (Å²) >= 11 is 3.02. The fourth-order valence-corrected chi connectivity index (χ4v) is 3.78. The molecule has 14 heavy (non-hydrogen) atoms. The molecule has 1 N–H and O–H groups in total. The second-order valence-electron chi connectivity index (χ2n) is 3.37. The normalized spacial score (nSPS) is 16.6. The summed E-state index contributed by atoms with van der Waals surface area (Å²) in [4.78, 5) is 15.4. The molecule has 0 aliphatic heterocycles. The Kier molecular flexibility index (Phi) is 2.78. The van der Waals surface area contributed by atoms with E-state index in [1.54, 1.807) is 18.7 Å². The Morgan fingerprint density at radius 2 is 2.36 bits per heavy atom. The lowest BCUT2D eigenvalue weighted by Crippen LogP contribution is -2.12. The van der Waals surface area contributed by atoms with Gasteiger partial charge in [-0.2, -0.15) is 0 Å². The van der Waals surface area contributed by atoms with Gasteiger partial charge in [0.2, 0.25) is 0 Å². The van der Waals surface area contributed by atoms with Crippen LogP contribution in [0, 0.1) is 6.92 Å². The lowest BCUT2D eigenvalue weighted by molar-refractivity contribution is 0.0701. The average Bonchev–Trinajstić information content (AvgIpc) is 2.39. The zero-order valence-corrected chi connectivity index (χ0v) is 9.45. The van der Waals surface area contributed by atoms with Gasteiger partial charge < -0.3 is 5.11 Å². The Hall–Kier alpha value is -0.550. The van der Waals surface area contributed by atoms with Crippen LogP contribution < -0.4 is 0 Å². The minimum Gasteiger partial charge on any atom is -0.477 e. The SMILES string of the molecule is Cc1nc(SC2CCC2)sc1C(=O)O. The zero-order valence-electron chi connectivity index (χ0n) is 7.82. The van der Waals surface area contributed by atoms with Gasteiger partial charge in [0.15, 0.2) is 4.34 Å². The Labute approximate surface area is 90.6 Å². The first-order valence-corrected chi connectivity index (χ1v) is 6.24. The predicted octanol–water partition coefficient (Wildman–Crippen LogP) is 2.79. The number of carboxylic acid groups (broad SMARTS) is 1. The van der Waals surface area contributed by atoms with Gasteiger partial charge in [-0.1, -0.05) is 18.2 Å². The molecule has 0 unspecified atom stereocenters. The number of hydrogen-bond acceptors (Lipinski definition) is 4. The van der Waals surface area contributed by atoms with E-state index >= 15 is 0 Å². The minimum atomic E-state index is -0.861. The number of aromatic carboxylic acids is 1. The quantitative estimate of drug-likeness (QED) is 0.866. The van der Waals surface area contributed by atoms with E-state index in [-0.39, 0.29) is 0 Å². The Morgan fingerprint density at radius 1 is 1.64 bits per heavy atom. The van der Waals surface area contributed by atoms with Gasteiger partial charge in [-0.05, 0) is 19.8 Å². The van der Waals surface area contributed by atoms with E-state index < -0.39 is 5.97 Å². The molecule has 0 radical (unpaired) electrons. The van der Waals surface area contributed by atoms with Crippen LogP contribution >= 0.6 is 23.1 Å². The standard InChI is InChI=1S/C9H11NO2S2/c1-5-7(8(11)12)14-9(10-5)13-6-3-2-4-6/h6H,2-4H2,1H3,(H,11,12). The highest BCUT2D eigenvalue weighted by molar-refractivity contribution is 8.01. The van der Waals surface area contributed by atoms with Crippen molar-refractivity contribution in [1.29, 1.82) is 0 Å². The zero-order chi connectivity index (χ0) is 10.1. The molecular formula is C9H11NO2S2. The summed E-state index contributed by atoms with van der Waals surface area (Å²) in [7, 11) is 0. The highest BCUT2D eigenvalue weighted by atomic mass is 32.2. The van der Waals surface area contributed by atoms with Crippen LogP contribution in [0.25, 0.3) is 0 Å². The van der Waals surface area contributed by atoms with E-state index in [1.807, 2.05) is 0 Å². The largest absolute Gasteiger partial charge is 0.477 e. The van der Waals surface area contributed by atoms with Crippen molar-refractivity contribution in [3.8, 4) is 0 Å². The summed E-state index contributed by atoms with van der Waals surface area (Å²) < 4.78 is 0.907. The summed E-state index contributed by atoms with van der Waals surface area (Å²) in [5.74, 6) is -0.861. The van der Waals surface area contributed by atoms with Gasteiger partial charge in [-0.3, -0.25) is 0 Å². The predicted molar refractivity (Wildman–Crippen MR) is 57.3 cm³/mol. The minimum absolute atomic E-state index is 0.381. The molecule has 1 aliphatic carbocycles. The number of carboxylic acids is 1. The molecule has 1 aliphatic rings. The first-order valence-electron chi connectivity index (χ1n) is 4.54. The van der Waals surface area contributed by atoms with Crippen LogP contribution in [-0.2, 0) is 0 Å². The Balaban J connectivity index is 2.10. The maximum absolute atomic E-state index is 10.8. The molecule has 1 fully saturated rings. The maximum Gasteiger partial charge on any atom is 0.347 e. The monoisotopic (exact) mass is 229 g/mol. The fraction of sp³-hybridized carbons (Fsp3) is 0.556. The second-order valence-corrected chi connectivity index (χ2v) is 5.92. The van der Waals surface area contributed by atoms with Gasteiger partial charge in [0.25, 0.3) is 0 Å². The summed E-state index contributed by atoms with van der Waals surface area (Å²) in [5, 5.41) is 9.51. The van der Waals surface area contributed by atoms with E-state index in [0.717, 1.165) is 4.34 Å². The summed E-state index contributed by atoms with van der Waals surface area (Å²) in [6.07, 6.45) is 3.78. The van der Waals surface area contributed by atoms with Crippen LogP contribution in [0.2, 0.25) is 0 Å². The fourth-order valence-electron chi connectivity index (χ4n) is 1.25. The van der Waals surface area contributed by atoms with Crippen molar-refractivity contribution >= 4 is 29.1 Å². The summed E-state index contributed by atoms with van der Waals surface area (Å²) in [5.41, 5.74) is 0.643. The van der Waals surface area contributed by atoms with Gasteiger partial charge in [0.05, 0.1) is 5.69 Å². The van der Waals surface area contributed by atoms with Crippen molar-refractivity contribution in [2.75, 3.05) is 0 Å². The van der Waals surface area contributed by atoms with Gasteiger partial charge in [0.1, 0.15) is 4.88 Å². The van der Waals surface area contributed by atoms with Gasteiger partial charge in [-0.15, -0.1) is 11.3 Å². The lowest BCUT2D eigenvalue weighted by atomic mass is 10.0. The van der Waals surface area contributed by atoms with Crippen molar-refractivity contribution < 1.29 is 9.90 Å². The van der Waals surface area contributed by atoms with Crippen molar-refractivity contribution in [2.24, 2.45) is 0 Å². The van der Waals surface area contributed by atoms with Gasteiger partial charge in [-0.25, -0.2) is 9.78 Å². The van der Waals surface area contributed by atoms with Crippen LogP contribution in [-0.4, -0.2) is 21.3 Å². The number of nitrogens with zero attached hydrogens (tertiary/aromatic N) is 1. The van der Waals surface area contributed by atoms with Crippen molar-refractivity contribution in [2.45, 2.75) is 35.8 Å². The summed E-state index contributed by atoms with van der Waals surface area (Å²) in [6, 6.07) is 0. The third kappa shape index (κ3) is 1.93. The van der Waals surface area contributed by atoms with E-state index in [9.17, 15) is 4.79 Å². The number of aryl methyl sites for hydroxylation is 1. The topological polar surface area (TPSA) is 50.2 Å². The average molecular weight is 229 g/mol. The number of hydrogen-bond donors (Lipinski definition) is 1. The number of rotatable bonds is 3. The van der Waals surface area contributed by atoms with Crippen LogP contribution in [0.1, 0.15) is 34.6 Å². The molecule has 2 rings (SSSR count). The first kappa shape index (κ1) is 9.98. The summed E-state index contributed by atoms with van der Waals surface area (Å²) in [6.45, 7) is 1.75. The van der Waals surface area contributed by atoms with Crippen LogP contribution in [0.15, 0.2) is 4.34 Å². The molecular weight excluding hydrogens is 218 g/mol. The Morgan fingerprint density at radius 3 is 2.79 bits per heavy atom. The molecule has 76 valence electrons. The third-order valence-corrected chi connectivity index (χ3v) is 4.87. The smallest absolute Gasteiger partial charge is 0.347 e. The molecule has 3 nitrogen and oxygen atoms in total. The van der Waals surface area contributed by atoms with Crippen molar-refractivity contribution in [1.82, 2.24) is 4.98 Å². The molecule has 1 saturated carbocycles. The van der Waals surface area contributed by atoms with Gasteiger partial charge in [0, 0.05) is 5.25 Å². The van der Waals surface area contributed by atoms with Crippen LogP contribution in [0.4, 0.5) is 0 Å². The molecule has 5 heteroatoms. The molecule has 1 heterocycles. The molecule has 0 saturated heterocycles. The van der Waals surface area contributed by atoms with Gasteiger partial charge >= 0.3 is 5.97 Å². The number of thiazole rings is 1. The van der Waals surface area contributed by atoms with Crippen molar-refractivity contribution in [3.63, 3.8) is 0 Å². The number of thioether (sulfide) groups is 1. The molecule has 1 aromatic heterocycles. The Bertz CT molecular complexity index is 358. The van der Waals surface area contributed by atoms with E-state index in [0.29, 0.717) is 15.8 Å². The lowest BCUT2D eigenvalue weighted by Gasteiger charge is -2.22.